The van der Waals surface area contributed by atoms with Crippen LogP contribution in [0.4, 0.5) is 0 Å². The van der Waals surface area contributed by atoms with Gasteiger partial charge in [-0.15, -0.1) is 0 Å². The van der Waals surface area contributed by atoms with Crippen molar-refractivity contribution >= 4 is 11.8 Å². The number of carbonyl (C=O) groups is 2. The Balaban J connectivity index is 1.75. The van der Waals surface area contributed by atoms with Gasteiger partial charge in [0.15, 0.2) is 0 Å². The topological polar surface area (TPSA) is 111 Å². The van der Waals surface area contributed by atoms with Gasteiger partial charge in [-0.25, -0.2) is 0 Å². The quantitative estimate of drug-likeness (QED) is 0.709. The van der Waals surface area contributed by atoms with E-state index in [0.717, 1.165) is 5.56 Å². The second kappa shape index (κ2) is 7.39. The molecule has 1 heterocycles. The van der Waals surface area contributed by atoms with Crippen molar-refractivity contribution in [3.05, 3.63) is 72.1 Å². The first-order chi connectivity index (χ1) is 12.1. The van der Waals surface area contributed by atoms with Gasteiger partial charge in [-0.2, -0.15) is 4.98 Å². The Morgan fingerprint density at radius 3 is 2.60 bits per heavy atom. The monoisotopic (exact) mass is 336 g/mol. The molecule has 7 heteroatoms. The lowest BCUT2D eigenvalue weighted by Crippen LogP contribution is -2.45. The van der Waals surface area contributed by atoms with Crippen molar-refractivity contribution in [3.8, 4) is 11.4 Å². The van der Waals surface area contributed by atoms with Crippen LogP contribution >= 0.6 is 0 Å². The average molecular weight is 336 g/mol. The molecule has 1 aromatic heterocycles. The molecular formula is C18H16N4O3. The standard InChI is InChI=1S/C18H16N4O3/c19-16(23)15(9-12-5-2-1-3-6-12)21-18(24)14-8-4-7-13(10-14)17-20-11-25-22-17/h1-8,10-11,15H,9H2,(H2,19,23)(H,21,24). The first-order valence-corrected chi connectivity index (χ1v) is 7.64. The molecule has 2 amide bonds. The van der Waals surface area contributed by atoms with Crippen LogP contribution in [0.5, 0.6) is 0 Å². The maximum Gasteiger partial charge on any atom is 0.251 e. The molecule has 7 nitrogen and oxygen atoms in total. The molecule has 0 bridgehead atoms. The number of hydrogen-bond donors (Lipinski definition) is 2. The van der Waals surface area contributed by atoms with Crippen LogP contribution in [0.1, 0.15) is 15.9 Å². The predicted molar refractivity (Wildman–Crippen MR) is 90.3 cm³/mol. The molecule has 0 aliphatic rings. The maximum absolute atomic E-state index is 12.5. The lowest BCUT2D eigenvalue weighted by Gasteiger charge is -2.16. The lowest BCUT2D eigenvalue weighted by atomic mass is 10.0. The molecule has 3 N–H and O–H groups in total. The van der Waals surface area contributed by atoms with Gasteiger partial charge in [0, 0.05) is 17.5 Å². The molecule has 0 fully saturated rings. The summed E-state index contributed by atoms with van der Waals surface area (Å²) < 4.78 is 4.71. The van der Waals surface area contributed by atoms with Gasteiger partial charge in [-0.3, -0.25) is 9.59 Å². The van der Waals surface area contributed by atoms with Gasteiger partial charge in [0.1, 0.15) is 6.04 Å². The van der Waals surface area contributed by atoms with Gasteiger partial charge >= 0.3 is 0 Å². The molecule has 1 atom stereocenters. The summed E-state index contributed by atoms with van der Waals surface area (Å²) in [6.45, 7) is 0. The molecule has 0 spiro atoms. The van der Waals surface area contributed by atoms with Crippen molar-refractivity contribution in [2.75, 3.05) is 0 Å². The summed E-state index contributed by atoms with van der Waals surface area (Å²) in [7, 11) is 0. The highest BCUT2D eigenvalue weighted by atomic mass is 16.5. The molecule has 2 aromatic carbocycles. The molecule has 0 radical (unpaired) electrons. The van der Waals surface area contributed by atoms with E-state index >= 15 is 0 Å². The highest BCUT2D eigenvalue weighted by Crippen LogP contribution is 2.16. The highest BCUT2D eigenvalue weighted by molar-refractivity contribution is 5.98. The molecule has 0 aliphatic heterocycles. The summed E-state index contributed by atoms with van der Waals surface area (Å²) in [4.78, 5) is 28.1. The summed E-state index contributed by atoms with van der Waals surface area (Å²) in [5.41, 5.74) is 7.36. The SMILES string of the molecule is NC(=O)C(Cc1ccccc1)NC(=O)c1cccc(-c2ncon2)c1. The molecule has 0 saturated carbocycles. The second-order valence-electron chi connectivity index (χ2n) is 5.45. The Morgan fingerprint density at radius 2 is 1.92 bits per heavy atom. The minimum Gasteiger partial charge on any atom is -0.368 e. The minimum absolute atomic E-state index is 0.326. The predicted octanol–water partition coefficient (Wildman–Crippen LogP) is 1.56. The summed E-state index contributed by atoms with van der Waals surface area (Å²) in [6, 6.07) is 15.3. The van der Waals surface area contributed by atoms with Crippen LogP contribution < -0.4 is 11.1 Å². The van der Waals surface area contributed by atoms with Gasteiger partial charge in [0.2, 0.25) is 18.1 Å². The van der Waals surface area contributed by atoms with Crippen molar-refractivity contribution in [1.82, 2.24) is 15.5 Å². The Morgan fingerprint density at radius 1 is 1.12 bits per heavy atom. The third kappa shape index (κ3) is 4.08. The lowest BCUT2D eigenvalue weighted by molar-refractivity contribution is -0.119. The van der Waals surface area contributed by atoms with Crippen molar-refractivity contribution in [1.29, 1.82) is 0 Å². The van der Waals surface area contributed by atoms with Crippen LogP contribution in [-0.2, 0) is 11.2 Å². The number of carbonyl (C=O) groups excluding carboxylic acids is 2. The Labute approximate surface area is 143 Å². The van der Waals surface area contributed by atoms with E-state index in [9.17, 15) is 9.59 Å². The number of nitrogens with one attached hydrogen (secondary N) is 1. The third-order valence-electron chi connectivity index (χ3n) is 3.68. The summed E-state index contributed by atoms with van der Waals surface area (Å²) in [5.74, 6) is -0.609. The van der Waals surface area contributed by atoms with E-state index in [1.54, 1.807) is 24.3 Å². The zero-order chi connectivity index (χ0) is 17.6. The number of benzene rings is 2. The van der Waals surface area contributed by atoms with Crippen LogP contribution in [0, 0.1) is 0 Å². The molecule has 3 aromatic rings. The normalized spacial score (nSPS) is 11.7. The molecule has 0 aliphatic carbocycles. The van der Waals surface area contributed by atoms with Gasteiger partial charge in [0.05, 0.1) is 0 Å². The van der Waals surface area contributed by atoms with Crippen molar-refractivity contribution in [3.63, 3.8) is 0 Å². The van der Waals surface area contributed by atoms with Gasteiger partial charge < -0.3 is 15.6 Å². The number of aromatic nitrogens is 2. The molecular weight excluding hydrogens is 320 g/mol. The Bertz CT molecular complexity index is 863. The van der Waals surface area contributed by atoms with Crippen LogP contribution in [0.25, 0.3) is 11.4 Å². The van der Waals surface area contributed by atoms with Crippen LogP contribution in [0.2, 0.25) is 0 Å². The fourth-order valence-corrected chi connectivity index (χ4v) is 2.41. The fraction of sp³-hybridized carbons (Fsp3) is 0.111. The number of nitrogens with two attached hydrogens (primary N) is 1. The van der Waals surface area contributed by atoms with E-state index in [-0.39, 0.29) is 0 Å². The zero-order valence-corrected chi connectivity index (χ0v) is 13.3. The van der Waals surface area contributed by atoms with Crippen LogP contribution in [0.3, 0.4) is 0 Å². The Kier molecular flexibility index (Phi) is 4.84. The van der Waals surface area contributed by atoms with E-state index in [4.69, 9.17) is 10.3 Å². The average Bonchev–Trinajstić information content (AvgIpc) is 3.17. The third-order valence-corrected chi connectivity index (χ3v) is 3.68. The number of primary amides is 1. The minimum atomic E-state index is -0.802. The molecule has 1 unspecified atom stereocenters. The smallest absolute Gasteiger partial charge is 0.251 e. The molecule has 25 heavy (non-hydrogen) atoms. The van der Waals surface area contributed by atoms with E-state index in [1.165, 1.54) is 6.39 Å². The van der Waals surface area contributed by atoms with E-state index in [2.05, 4.69) is 15.5 Å². The van der Waals surface area contributed by atoms with Crippen LogP contribution in [0.15, 0.2) is 65.5 Å². The highest BCUT2D eigenvalue weighted by Gasteiger charge is 2.20. The Hall–Kier alpha value is -3.48. The number of hydrogen-bond acceptors (Lipinski definition) is 5. The number of amides is 2. The first-order valence-electron chi connectivity index (χ1n) is 7.64. The maximum atomic E-state index is 12.5. The van der Waals surface area contributed by atoms with E-state index in [0.29, 0.717) is 23.4 Å². The van der Waals surface area contributed by atoms with Gasteiger partial charge in [-0.05, 0) is 17.7 Å². The number of nitrogens with zero attached hydrogens (tertiary/aromatic N) is 2. The zero-order valence-electron chi connectivity index (χ0n) is 13.3. The first kappa shape index (κ1) is 16.4. The van der Waals surface area contributed by atoms with Gasteiger partial charge in [-0.1, -0.05) is 47.6 Å². The summed E-state index contributed by atoms with van der Waals surface area (Å²) in [6.07, 6.45) is 1.54. The fourth-order valence-electron chi connectivity index (χ4n) is 2.41. The molecule has 3 rings (SSSR count). The molecule has 126 valence electrons. The second-order valence-corrected chi connectivity index (χ2v) is 5.45. The van der Waals surface area contributed by atoms with Crippen LogP contribution in [-0.4, -0.2) is 28.0 Å². The largest absolute Gasteiger partial charge is 0.368 e. The van der Waals surface area contributed by atoms with Crippen molar-refractivity contribution in [2.24, 2.45) is 5.73 Å². The van der Waals surface area contributed by atoms with Gasteiger partial charge in [0.25, 0.3) is 5.91 Å². The van der Waals surface area contributed by atoms with E-state index < -0.39 is 17.9 Å². The molecule has 0 saturated heterocycles. The summed E-state index contributed by atoms with van der Waals surface area (Å²) in [5, 5.41) is 6.42. The van der Waals surface area contributed by atoms with E-state index in [1.807, 2.05) is 30.3 Å². The van der Waals surface area contributed by atoms with Crippen molar-refractivity contribution < 1.29 is 14.1 Å². The number of rotatable bonds is 6. The summed E-state index contributed by atoms with van der Waals surface area (Å²) >= 11 is 0. The van der Waals surface area contributed by atoms with Crippen molar-refractivity contribution in [2.45, 2.75) is 12.5 Å².